The van der Waals surface area contributed by atoms with Gasteiger partial charge in [0.25, 0.3) is 0 Å². The summed E-state index contributed by atoms with van der Waals surface area (Å²) in [6.07, 6.45) is 7.16. The first-order chi connectivity index (χ1) is 9.65. The van der Waals surface area contributed by atoms with Gasteiger partial charge in [-0.15, -0.1) is 0 Å². The van der Waals surface area contributed by atoms with Crippen LogP contribution in [0.1, 0.15) is 38.3 Å². The van der Waals surface area contributed by atoms with Crippen LogP contribution in [0.3, 0.4) is 0 Å². The number of nitrogen functional groups attached to an aromatic ring is 1. The Labute approximate surface area is 120 Å². The minimum absolute atomic E-state index is 0.573. The van der Waals surface area contributed by atoms with Crippen molar-refractivity contribution in [3.05, 3.63) is 30.1 Å². The molecule has 0 radical (unpaired) electrons. The Kier molecular flexibility index (Phi) is 3.51. The molecule has 0 amide bonds. The van der Waals surface area contributed by atoms with Crippen molar-refractivity contribution in [2.24, 2.45) is 5.92 Å². The molecule has 1 aliphatic carbocycles. The van der Waals surface area contributed by atoms with Crippen LogP contribution in [0.4, 0.5) is 11.4 Å². The van der Waals surface area contributed by atoms with Gasteiger partial charge in [0.05, 0.1) is 0 Å². The molecule has 1 heterocycles. The average molecular weight is 269 g/mol. The lowest BCUT2D eigenvalue weighted by molar-refractivity contribution is 0.350. The van der Waals surface area contributed by atoms with E-state index in [2.05, 4.69) is 29.4 Å². The Bertz CT molecular complexity index is 621. The molecule has 1 fully saturated rings. The van der Waals surface area contributed by atoms with E-state index in [0.29, 0.717) is 6.04 Å². The molecule has 0 saturated heterocycles. The summed E-state index contributed by atoms with van der Waals surface area (Å²) in [5.41, 5.74) is 9.09. The van der Waals surface area contributed by atoms with Crippen LogP contribution in [0, 0.1) is 12.8 Å². The number of nitrogens with zero attached hydrogens (tertiary/aromatic N) is 1. The van der Waals surface area contributed by atoms with Crippen molar-refractivity contribution in [2.75, 3.05) is 11.1 Å². The fourth-order valence-corrected chi connectivity index (χ4v) is 3.22. The molecule has 0 spiro atoms. The van der Waals surface area contributed by atoms with Gasteiger partial charge in [0.2, 0.25) is 0 Å². The molecule has 3 N–H and O–H groups in total. The predicted molar refractivity (Wildman–Crippen MR) is 85.9 cm³/mol. The fraction of sp³-hybridized carbons (Fsp3) is 0.471. The second-order valence-corrected chi connectivity index (χ2v) is 6.09. The van der Waals surface area contributed by atoms with Crippen LogP contribution < -0.4 is 11.1 Å². The van der Waals surface area contributed by atoms with E-state index in [1.165, 1.54) is 36.8 Å². The van der Waals surface area contributed by atoms with Gasteiger partial charge in [-0.3, -0.25) is 4.98 Å². The summed E-state index contributed by atoms with van der Waals surface area (Å²) in [7, 11) is 0. The number of hydrogen-bond donors (Lipinski definition) is 2. The zero-order valence-electron chi connectivity index (χ0n) is 12.3. The molecule has 3 nitrogen and oxygen atoms in total. The molecule has 1 aliphatic rings. The van der Waals surface area contributed by atoms with Crippen LogP contribution >= 0.6 is 0 Å². The highest BCUT2D eigenvalue weighted by molar-refractivity contribution is 6.00. The maximum absolute atomic E-state index is 6.07. The number of pyridine rings is 1. The second kappa shape index (κ2) is 5.31. The summed E-state index contributed by atoms with van der Waals surface area (Å²) in [5, 5.41) is 5.98. The third-order valence-electron chi connectivity index (χ3n) is 4.52. The molecule has 20 heavy (non-hydrogen) atoms. The number of nitrogens with one attached hydrogen (secondary N) is 1. The molecule has 1 saturated carbocycles. The lowest BCUT2D eigenvalue weighted by Gasteiger charge is -2.31. The number of nitrogens with two attached hydrogens (primary N) is 1. The van der Waals surface area contributed by atoms with E-state index in [1.807, 2.05) is 19.2 Å². The van der Waals surface area contributed by atoms with Gasteiger partial charge in [-0.2, -0.15) is 0 Å². The lowest BCUT2D eigenvalue weighted by Crippen LogP contribution is -2.30. The molecule has 2 atom stereocenters. The number of fused-ring (bicyclic) bond motifs is 1. The van der Waals surface area contributed by atoms with E-state index in [1.54, 1.807) is 0 Å². The second-order valence-electron chi connectivity index (χ2n) is 6.09. The highest BCUT2D eigenvalue weighted by Gasteiger charge is 2.21. The van der Waals surface area contributed by atoms with Crippen LogP contribution in [-0.2, 0) is 0 Å². The average Bonchev–Trinajstić information content (AvgIpc) is 2.44. The summed E-state index contributed by atoms with van der Waals surface area (Å²) in [6, 6.07) is 6.79. The number of benzene rings is 1. The molecule has 2 unspecified atom stereocenters. The lowest BCUT2D eigenvalue weighted by atomic mass is 9.85. The van der Waals surface area contributed by atoms with Gasteiger partial charge in [-0.25, -0.2) is 0 Å². The van der Waals surface area contributed by atoms with Crippen LogP contribution in [0.2, 0.25) is 0 Å². The Morgan fingerprint density at radius 2 is 2.00 bits per heavy atom. The van der Waals surface area contributed by atoms with Crippen molar-refractivity contribution in [1.29, 1.82) is 0 Å². The van der Waals surface area contributed by atoms with E-state index in [-0.39, 0.29) is 0 Å². The van der Waals surface area contributed by atoms with Crippen LogP contribution in [0.25, 0.3) is 10.8 Å². The Morgan fingerprint density at radius 3 is 2.80 bits per heavy atom. The molecule has 1 aromatic carbocycles. The Hall–Kier alpha value is -1.77. The van der Waals surface area contributed by atoms with Crippen molar-refractivity contribution < 1.29 is 0 Å². The largest absolute Gasteiger partial charge is 0.398 e. The highest BCUT2D eigenvalue weighted by atomic mass is 14.9. The maximum atomic E-state index is 6.07. The third-order valence-corrected chi connectivity index (χ3v) is 4.52. The summed E-state index contributed by atoms with van der Waals surface area (Å²) >= 11 is 0. The maximum Gasteiger partial charge on any atom is 0.0424 e. The monoisotopic (exact) mass is 269 g/mol. The minimum atomic E-state index is 0.573. The zero-order chi connectivity index (χ0) is 14.1. The number of aromatic nitrogens is 1. The highest BCUT2D eigenvalue weighted by Crippen LogP contribution is 2.32. The number of hydrogen-bond acceptors (Lipinski definition) is 3. The molecule has 0 bridgehead atoms. The van der Waals surface area contributed by atoms with Gasteiger partial charge in [-0.05, 0) is 43.9 Å². The molecule has 2 aromatic rings. The van der Waals surface area contributed by atoms with Gasteiger partial charge < -0.3 is 11.1 Å². The first-order valence-electron chi connectivity index (χ1n) is 7.56. The first kappa shape index (κ1) is 13.2. The van der Waals surface area contributed by atoms with E-state index in [4.69, 9.17) is 5.73 Å². The van der Waals surface area contributed by atoms with E-state index < -0.39 is 0 Å². The third kappa shape index (κ3) is 2.45. The standard InChI is InChI=1S/C17H23N3/c1-11-5-3-4-6-16(11)20-17-8-7-15(18)14-10-19-12(2)9-13(14)17/h7-11,16,20H,3-6,18H2,1-2H3. The van der Waals surface area contributed by atoms with Gasteiger partial charge in [0.15, 0.2) is 0 Å². The van der Waals surface area contributed by atoms with E-state index >= 15 is 0 Å². The summed E-state index contributed by atoms with van der Waals surface area (Å²) in [5.74, 6) is 0.735. The van der Waals surface area contributed by atoms with Gasteiger partial charge in [-0.1, -0.05) is 19.8 Å². The molecule has 1 aromatic heterocycles. The number of aryl methyl sites for hydroxylation is 1. The van der Waals surface area contributed by atoms with Crippen molar-refractivity contribution in [3.8, 4) is 0 Å². The van der Waals surface area contributed by atoms with Gasteiger partial charge in [0.1, 0.15) is 0 Å². The van der Waals surface area contributed by atoms with Crippen molar-refractivity contribution >= 4 is 22.1 Å². The molecule has 0 aliphatic heterocycles. The molecule has 3 heteroatoms. The molecule has 3 rings (SSSR count). The normalized spacial score (nSPS) is 22.9. The van der Waals surface area contributed by atoms with Crippen LogP contribution in [0.5, 0.6) is 0 Å². The van der Waals surface area contributed by atoms with E-state index in [9.17, 15) is 0 Å². The van der Waals surface area contributed by atoms with Gasteiger partial charge in [0, 0.05) is 40.1 Å². The molecular formula is C17H23N3. The quantitative estimate of drug-likeness (QED) is 0.806. The van der Waals surface area contributed by atoms with Crippen molar-refractivity contribution in [2.45, 2.75) is 45.6 Å². The number of rotatable bonds is 2. The molecule has 106 valence electrons. The van der Waals surface area contributed by atoms with Gasteiger partial charge >= 0.3 is 0 Å². The Balaban J connectivity index is 1.98. The smallest absolute Gasteiger partial charge is 0.0424 e. The predicted octanol–water partition coefficient (Wildman–Crippen LogP) is 4.12. The van der Waals surface area contributed by atoms with Crippen molar-refractivity contribution in [1.82, 2.24) is 4.98 Å². The summed E-state index contributed by atoms with van der Waals surface area (Å²) in [4.78, 5) is 4.36. The van der Waals surface area contributed by atoms with Crippen LogP contribution in [0.15, 0.2) is 24.4 Å². The summed E-state index contributed by atoms with van der Waals surface area (Å²) in [6.45, 7) is 4.37. The Morgan fingerprint density at radius 1 is 1.20 bits per heavy atom. The summed E-state index contributed by atoms with van der Waals surface area (Å²) < 4.78 is 0. The van der Waals surface area contributed by atoms with Crippen molar-refractivity contribution in [3.63, 3.8) is 0 Å². The zero-order valence-corrected chi connectivity index (χ0v) is 12.3. The van der Waals surface area contributed by atoms with E-state index in [0.717, 1.165) is 22.7 Å². The topological polar surface area (TPSA) is 50.9 Å². The SMILES string of the molecule is Cc1cc2c(NC3CCCCC3C)ccc(N)c2cn1. The van der Waals surface area contributed by atoms with Crippen LogP contribution in [-0.4, -0.2) is 11.0 Å². The first-order valence-corrected chi connectivity index (χ1v) is 7.56. The molecular weight excluding hydrogens is 246 g/mol. The minimum Gasteiger partial charge on any atom is -0.398 e. The fourth-order valence-electron chi connectivity index (χ4n) is 3.22. The number of anilines is 2.